The van der Waals surface area contributed by atoms with Crippen molar-refractivity contribution >= 4 is 0 Å². The van der Waals surface area contributed by atoms with E-state index in [4.69, 9.17) is 14.7 Å². The summed E-state index contributed by atoms with van der Waals surface area (Å²) >= 11 is 0. The maximum absolute atomic E-state index is 6.14. The van der Waals surface area contributed by atoms with Gasteiger partial charge in [-0.25, -0.2) is 0 Å². The molecule has 0 spiro atoms. The maximum atomic E-state index is 6.14. The minimum atomic E-state index is 0.340. The highest BCUT2D eigenvalue weighted by Crippen LogP contribution is 2.23. The molecule has 0 aliphatic carbocycles. The van der Waals surface area contributed by atoms with Crippen molar-refractivity contribution in [3.8, 4) is 11.5 Å². The first-order valence-corrected chi connectivity index (χ1v) is 7.23. The lowest BCUT2D eigenvalue weighted by atomic mass is 9.90. The molecular weight excluding hydrogens is 254 g/mol. The van der Waals surface area contributed by atoms with E-state index in [-0.39, 0.29) is 0 Å². The number of aromatic nitrogens is 1. The Bertz CT molecular complexity index is 535. The van der Waals surface area contributed by atoms with Gasteiger partial charge >= 0.3 is 0 Å². The van der Waals surface area contributed by atoms with Gasteiger partial charge in [0.1, 0.15) is 0 Å². The monoisotopic (exact) mass is 275 g/mol. The zero-order chi connectivity index (χ0) is 13.9. The fourth-order valence-corrected chi connectivity index (χ4v) is 2.85. The van der Waals surface area contributed by atoms with Crippen LogP contribution in [-0.4, -0.2) is 29.2 Å². The predicted molar refractivity (Wildman–Crippen MR) is 75.9 cm³/mol. The molecule has 1 aliphatic rings. The average Bonchev–Trinajstić information content (AvgIpc) is 3.11. The second kappa shape index (κ2) is 5.81. The summed E-state index contributed by atoms with van der Waals surface area (Å²) in [5.41, 5.74) is 7.09. The van der Waals surface area contributed by atoms with Crippen LogP contribution in [0.4, 0.5) is 0 Å². The van der Waals surface area contributed by atoms with Crippen molar-refractivity contribution in [2.45, 2.75) is 32.4 Å². The Morgan fingerprint density at radius 1 is 1.45 bits per heavy atom. The van der Waals surface area contributed by atoms with Crippen molar-refractivity contribution in [1.29, 1.82) is 0 Å². The van der Waals surface area contributed by atoms with E-state index in [0.717, 1.165) is 43.9 Å². The Kier molecular flexibility index (Phi) is 3.89. The molecule has 1 aliphatic heterocycles. The second-order valence-corrected chi connectivity index (χ2v) is 5.52. The third-order valence-corrected chi connectivity index (χ3v) is 4.11. The molecule has 2 aromatic heterocycles. The van der Waals surface area contributed by atoms with Gasteiger partial charge in [0.25, 0.3) is 0 Å². The summed E-state index contributed by atoms with van der Waals surface area (Å²) < 4.78 is 10.6. The van der Waals surface area contributed by atoms with Gasteiger partial charge < -0.3 is 14.7 Å². The SMILES string of the molecule is CCC1CN(Cc2cc(-c3ccco3)on2)CCC1N. The lowest BCUT2D eigenvalue weighted by Gasteiger charge is -2.36. The number of nitrogens with zero attached hydrogens (tertiary/aromatic N) is 2. The Balaban J connectivity index is 1.64. The zero-order valence-corrected chi connectivity index (χ0v) is 11.8. The molecule has 0 bridgehead atoms. The lowest BCUT2D eigenvalue weighted by molar-refractivity contribution is 0.142. The van der Waals surface area contributed by atoms with Crippen molar-refractivity contribution in [2.24, 2.45) is 11.7 Å². The number of piperidine rings is 1. The Labute approximate surface area is 118 Å². The van der Waals surface area contributed by atoms with Crippen molar-refractivity contribution in [1.82, 2.24) is 10.1 Å². The van der Waals surface area contributed by atoms with Gasteiger partial charge in [-0.05, 0) is 24.5 Å². The number of hydrogen-bond acceptors (Lipinski definition) is 5. The largest absolute Gasteiger partial charge is 0.461 e. The summed E-state index contributed by atoms with van der Waals surface area (Å²) in [6.45, 7) is 5.09. The van der Waals surface area contributed by atoms with Crippen molar-refractivity contribution in [2.75, 3.05) is 13.1 Å². The Morgan fingerprint density at radius 2 is 2.35 bits per heavy atom. The van der Waals surface area contributed by atoms with E-state index in [1.165, 1.54) is 0 Å². The molecule has 2 atom stereocenters. The van der Waals surface area contributed by atoms with Crippen LogP contribution >= 0.6 is 0 Å². The lowest BCUT2D eigenvalue weighted by Crippen LogP contribution is -2.46. The van der Waals surface area contributed by atoms with Crippen LogP contribution in [0.25, 0.3) is 11.5 Å². The number of furan rings is 1. The van der Waals surface area contributed by atoms with Crippen LogP contribution in [0.5, 0.6) is 0 Å². The topological polar surface area (TPSA) is 68.4 Å². The van der Waals surface area contributed by atoms with E-state index >= 15 is 0 Å². The highest BCUT2D eigenvalue weighted by molar-refractivity contribution is 5.49. The van der Waals surface area contributed by atoms with Crippen LogP contribution in [0.15, 0.2) is 33.4 Å². The van der Waals surface area contributed by atoms with Crippen LogP contribution in [0, 0.1) is 5.92 Å². The first kappa shape index (κ1) is 13.4. The first-order valence-electron chi connectivity index (χ1n) is 7.23. The van der Waals surface area contributed by atoms with Gasteiger partial charge in [0, 0.05) is 31.7 Å². The third-order valence-electron chi connectivity index (χ3n) is 4.11. The molecule has 5 heteroatoms. The van der Waals surface area contributed by atoms with Crippen LogP contribution < -0.4 is 5.73 Å². The summed E-state index contributed by atoms with van der Waals surface area (Å²) in [5.74, 6) is 1.99. The van der Waals surface area contributed by atoms with Crippen molar-refractivity contribution < 1.29 is 8.94 Å². The molecule has 20 heavy (non-hydrogen) atoms. The van der Waals surface area contributed by atoms with Gasteiger partial charge in [0.15, 0.2) is 5.76 Å². The molecular formula is C15H21N3O2. The minimum absolute atomic E-state index is 0.340. The molecule has 3 rings (SSSR count). The van der Waals surface area contributed by atoms with Crippen molar-refractivity contribution in [3.63, 3.8) is 0 Å². The van der Waals surface area contributed by atoms with E-state index in [0.29, 0.717) is 17.7 Å². The smallest absolute Gasteiger partial charge is 0.202 e. The Morgan fingerprint density at radius 3 is 3.10 bits per heavy atom. The van der Waals surface area contributed by atoms with E-state index < -0.39 is 0 Å². The van der Waals surface area contributed by atoms with Gasteiger partial charge in [-0.3, -0.25) is 4.90 Å². The molecule has 5 nitrogen and oxygen atoms in total. The zero-order valence-electron chi connectivity index (χ0n) is 11.8. The summed E-state index contributed by atoms with van der Waals surface area (Å²) in [6.07, 6.45) is 3.82. The normalized spacial score (nSPS) is 24.1. The third kappa shape index (κ3) is 2.78. The number of rotatable bonds is 4. The summed E-state index contributed by atoms with van der Waals surface area (Å²) in [4.78, 5) is 2.40. The van der Waals surface area contributed by atoms with Gasteiger partial charge in [-0.1, -0.05) is 18.5 Å². The molecule has 108 valence electrons. The second-order valence-electron chi connectivity index (χ2n) is 5.52. The van der Waals surface area contributed by atoms with Crippen LogP contribution in [0.1, 0.15) is 25.5 Å². The van der Waals surface area contributed by atoms with Gasteiger partial charge in [0.05, 0.1) is 12.0 Å². The summed E-state index contributed by atoms with van der Waals surface area (Å²) in [7, 11) is 0. The number of nitrogens with two attached hydrogens (primary N) is 1. The van der Waals surface area contributed by atoms with Gasteiger partial charge in [-0.2, -0.15) is 0 Å². The summed E-state index contributed by atoms with van der Waals surface area (Å²) in [5, 5.41) is 4.13. The fourth-order valence-electron chi connectivity index (χ4n) is 2.85. The van der Waals surface area contributed by atoms with Crippen molar-refractivity contribution in [3.05, 3.63) is 30.2 Å². The highest BCUT2D eigenvalue weighted by Gasteiger charge is 2.25. The van der Waals surface area contributed by atoms with Crippen LogP contribution in [0.2, 0.25) is 0 Å². The van der Waals surface area contributed by atoms with E-state index in [1.807, 2.05) is 18.2 Å². The molecule has 1 fully saturated rings. The van der Waals surface area contributed by atoms with Crippen LogP contribution in [-0.2, 0) is 6.54 Å². The molecule has 2 aromatic rings. The van der Waals surface area contributed by atoms with Crippen LogP contribution in [0.3, 0.4) is 0 Å². The highest BCUT2D eigenvalue weighted by atomic mass is 16.5. The molecule has 1 saturated heterocycles. The number of hydrogen-bond donors (Lipinski definition) is 1. The standard InChI is InChI=1S/C15H21N3O2/c1-2-11-9-18(6-5-13(11)16)10-12-8-15(20-17-12)14-4-3-7-19-14/h3-4,7-8,11,13H,2,5-6,9-10,16H2,1H3. The van der Waals surface area contributed by atoms with Gasteiger partial charge in [-0.15, -0.1) is 0 Å². The molecule has 0 aromatic carbocycles. The number of likely N-dealkylation sites (tertiary alicyclic amines) is 1. The minimum Gasteiger partial charge on any atom is -0.461 e. The molecule has 0 amide bonds. The van der Waals surface area contributed by atoms with Gasteiger partial charge in [0.2, 0.25) is 5.76 Å². The fraction of sp³-hybridized carbons (Fsp3) is 0.533. The summed E-state index contributed by atoms with van der Waals surface area (Å²) in [6, 6.07) is 6.01. The molecule has 0 radical (unpaired) electrons. The average molecular weight is 275 g/mol. The Hall–Kier alpha value is -1.59. The predicted octanol–water partition coefficient (Wildman–Crippen LogP) is 2.49. The molecule has 2 N–H and O–H groups in total. The van der Waals surface area contributed by atoms with E-state index in [1.54, 1.807) is 6.26 Å². The maximum Gasteiger partial charge on any atom is 0.202 e. The van der Waals surface area contributed by atoms with E-state index in [9.17, 15) is 0 Å². The molecule has 0 saturated carbocycles. The van der Waals surface area contributed by atoms with E-state index in [2.05, 4.69) is 17.0 Å². The molecule has 2 unspecified atom stereocenters. The first-order chi connectivity index (χ1) is 9.76. The molecule has 3 heterocycles. The quantitative estimate of drug-likeness (QED) is 0.928.